The van der Waals surface area contributed by atoms with Crippen molar-refractivity contribution in [3.8, 4) is 18.1 Å². The number of terminal acetylenes is 1. The van der Waals surface area contributed by atoms with Crippen molar-refractivity contribution >= 4 is 52.8 Å². The van der Waals surface area contributed by atoms with Gasteiger partial charge in [-0.1, -0.05) is 48.2 Å². The summed E-state index contributed by atoms with van der Waals surface area (Å²) in [5.74, 6) is 0.937. The summed E-state index contributed by atoms with van der Waals surface area (Å²) >= 11 is 12.4. The van der Waals surface area contributed by atoms with Crippen molar-refractivity contribution < 1.29 is 19.1 Å². The van der Waals surface area contributed by atoms with Crippen LogP contribution in [0.15, 0.2) is 42.0 Å². The molecule has 1 heterocycles. The molecule has 30 heavy (non-hydrogen) atoms. The summed E-state index contributed by atoms with van der Waals surface area (Å²) in [6.45, 7) is 1.97. The zero-order valence-electron chi connectivity index (χ0n) is 15.9. The summed E-state index contributed by atoms with van der Waals surface area (Å²) in [7, 11) is 0. The van der Waals surface area contributed by atoms with Crippen LogP contribution in [0.25, 0.3) is 6.08 Å². The Morgan fingerprint density at radius 2 is 1.77 bits per heavy atom. The van der Waals surface area contributed by atoms with Gasteiger partial charge in [-0.3, -0.25) is 14.9 Å². The van der Waals surface area contributed by atoms with Crippen LogP contribution < -0.4 is 15.0 Å². The number of carbonyl (C=O) groups is 3. The molecule has 0 radical (unpaired) electrons. The summed E-state index contributed by atoms with van der Waals surface area (Å²) in [6, 6.07) is 9.05. The zero-order chi connectivity index (χ0) is 21.8. The minimum Gasteiger partial charge on any atom is -0.478 e. The maximum Gasteiger partial charge on any atom is 0.335 e. The molecule has 1 aliphatic heterocycles. The predicted octanol–water partition coefficient (Wildman–Crippen LogP) is 4.23. The third kappa shape index (κ3) is 4.33. The standard InChI is InChI=1S/C22H16Cl2N2O4/c1-3-9-30-19-17(23)11-14(12-18(19)24)10-16-20(27)25-22(29)26(21(16)28)15-7-5-13(4-2)6-8-15/h1,5-8,10-12H,4,9H2,2H3,(H,25,27,29)/b16-10-. The second-order valence-corrected chi connectivity index (χ2v) is 7.10. The number of anilines is 1. The molecule has 152 valence electrons. The minimum atomic E-state index is -0.819. The number of amides is 4. The van der Waals surface area contributed by atoms with Crippen LogP contribution in [0.2, 0.25) is 10.0 Å². The van der Waals surface area contributed by atoms with Crippen LogP contribution in [-0.2, 0) is 16.0 Å². The molecule has 2 aromatic carbocycles. The number of nitrogens with one attached hydrogen (secondary N) is 1. The van der Waals surface area contributed by atoms with Crippen LogP contribution in [0.4, 0.5) is 10.5 Å². The molecule has 0 bridgehead atoms. The molecule has 1 aliphatic rings. The molecule has 0 saturated carbocycles. The summed E-state index contributed by atoms with van der Waals surface area (Å²) in [4.78, 5) is 38.5. The van der Waals surface area contributed by atoms with Crippen LogP contribution in [0.1, 0.15) is 18.1 Å². The van der Waals surface area contributed by atoms with Crippen molar-refractivity contribution in [1.29, 1.82) is 0 Å². The fourth-order valence-corrected chi connectivity index (χ4v) is 3.47. The van der Waals surface area contributed by atoms with E-state index in [4.69, 9.17) is 34.4 Å². The predicted molar refractivity (Wildman–Crippen MR) is 116 cm³/mol. The van der Waals surface area contributed by atoms with E-state index in [-0.39, 0.29) is 28.0 Å². The molecule has 3 rings (SSSR count). The van der Waals surface area contributed by atoms with E-state index in [0.717, 1.165) is 16.9 Å². The van der Waals surface area contributed by atoms with Crippen molar-refractivity contribution in [1.82, 2.24) is 5.32 Å². The molecule has 0 atom stereocenters. The van der Waals surface area contributed by atoms with Crippen molar-refractivity contribution in [2.45, 2.75) is 13.3 Å². The van der Waals surface area contributed by atoms with Crippen LogP contribution in [-0.4, -0.2) is 24.5 Å². The van der Waals surface area contributed by atoms with Gasteiger partial charge in [0.1, 0.15) is 12.2 Å². The van der Waals surface area contributed by atoms with Crippen LogP contribution >= 0.6 is 23.2 Å². The fourth-order valence-electron chi connectivity index (χ4n) is 2.85. The highest BCUT2D eigenvalue weighted by molar-refractivity contribution is 6.40. The van der Waals surface area contributed by atoms with Gasteiger partial charge in [-0.2, -0.15) is 0 Å². The van der Waals surface area contributed by atoms with Gasteiger partial charge in [-0.15, -0.1) is 6.42 Å². The monoisotopic (exact) mass is 442 g/mol. The zero-order valence-corrected chi connectivity index (χ0v) is 17.4. The SMILES string of the molecule is C#CCOc1c(Cl)cc(/C=C2/C(=O)NC(=O)N(c3ccc(CC)cc3)C2=O)cc1Cl. The first-order chi connectivity index (χ1) is 14.3. The molecular weight excluding hydrogens is 427 g/mol. The molecule has 0 unspecified atom stereocenters. The average Bonchev–Trinajstić information content (AvgIpc) is 2.71. The summed E-state index contributed by atoms with van der Waals surface area (Å²) < 4.78 is 5.29. The number of urea groups is 1. The smallest absolute Gasteiger partial charge is 0.335 e. The topological polar surface area (TPSA) is 75.7 Å². The Labute approximate surface area is 183 Å². The number of aryl methyl sites for hydroxylation is 1. The van der Waals surface area contributed by atoms with Gasteiger partial charge in [0.2, 0.25) is 0 Å². The quantitative estimate of drug-likeness (QED) is 0.426. The van der Waals surface area contributed by atoms with E-state index in [1.54, 1.807) is 12.1 Å². The van der Waals surface area contributed by atoms with E-state index >= 15 is 0 Å². The lowest BCUT2D eigenvalue weighted by atomic mass is 10.1. The first-order valence-corrected chi connectivity index (χ1v) is 9.67. The van der Waals surface area contributed by atoms with Gasteiger partial charge >= 0.3 is 6.03 Å². The minimum absolute atomic E-state index is 0.0192. The van der Waals surface area contributed by atoms with Gasteiger partial charge in [0.25, 0.3) is 11.8 Å². The number of nitrogens with zero attached hydrogens (tertiary/aromatic N) is 1. The Bertz CT molecular complexity index is 1080. The molecule has 0 spiro atoms. The molecule has 1 saturated heterocycles. The van der Waals surface area contributed by atoms with Crippen LogP contribution in [0.3, 0.4) is 0 Å². The number of carbonyl (C=O) groups excluding carboxylic acids is 3. The van der Waals surface area contributed by atoms with E-state index in [1.165, 1.54) is 18.2 Å². The number of hydrogen-bond acceptors (Lipinski definition) is 4. The molecule has 1 fully saturated rings. The van der Waals surface area contributed by atoms with E-state index in [9.17, 15) is 14.4 Å². The molecule has 6 nitrogen and oxygen atoms in total. The number of rotatable bonds is 5. The molecular formula is C22H16Cl2N2O4. The highest BCUT2D eigenvalue weighted by Crippen LogP contribution is 2.35. The summed E-state index contributed by atoms with van der Waals surface area (Å²) in [5, 5.41) is 2.50. The van der Waals surface area contributed by atoms with Crippen LogP contribution in [0, 0.1) is 12.3 Å². The molecule has 4 amide bonds. The Hall–Kier alpha value is -3.27. The lowest BCUT2D eigenvalue weighted by molar-refractivity contribution is -0.122. The molecule has 8 heteroatoms. The Morgan fingerprint density at radius 1 is 1.13 bits per heavy atom. The number of ether oxygens (including phenoxy) is 1. The number of barbiturate groups is 1. The summed E-state index contributed by atoms with van der Waals surface area (Å²) in [5.41, 5.74) is 1.54. The second-order valence-electron chi connectivity index (χ2n) is 6.28. The van der Waals surface area contributed by atoms with Gasteiger partial charge in [0.15, 0.2) is 5.75 Å². The van der Waals surface area contributed by atoms with E-state index < -0.39 is 17.8 Å². The lowest BCUT2D eigenvalue weighted by Crippen LogP contribution is -2.54. The van der Waals surface area contributed by atoms with Gasteiger partial charge in [-0.05, 0) is 47.9 Å². The number of benzene rings is 2. The van der Waals surface area contributed by atoms with E-state index in [2.05, 4.69) is 11.2 Å². The van der Waals surface area contributed by atoms with Gasteiger partial charge in [-0.25, -0.2) is 9.69 Å². The number of imide groups is 2. The third-order valence-corrected chi connectivity index (χ3v) is 4.90. The van der Waals surface area contributed by atoms with E-state index in [0.29, 0.717) is 11.3 Å². The van der Waals surface area contributed by atoms with Crippen molar-refractivity contribution in [2.24, 2.45) is 0 Å². The second kappa shape index (κ2) is 9.04. The van der Waals surface area contributed by atoms with Crippen molar-refractivity contribution in [3.63, 3.8) is 0 Å². The normalized spacial score (nSPS) is 15.2. The highest BCUT2D eigenvalue weighted by Gasteiger charge is 2.36. The van der Waals surface area contributed by atoms with Gasteiger partial charge in [0.05, 0.1) is 15.7 Å². The molecule has 1 N–H and O–H groups in total. The van der Waals surface area contributed by atoms with E-state index in [1.807, 2.05) is 19.1 Å². The molecule has 0 aromatic heterocycles. The maximum absolute atomic E-state index is 12.9. The molecule has 0 aliphatic carbocycles. The first kappa shape index (κ1) is 21.4. The molecule has 2 aromatic rings. The van der Waals surface area contributed by atoms with Gasteiger partial charge in [0, 0.05) is 0 Å². The average molecular weight is 443 g/mol. The van der Waals surface area contributed by atoms with Crippen molar-refractivity contribution in [3.05, 3.63) is 63.1 Å². The highest BCUT2D eigenvalue weighted by atomic mass is 35.5. The maximum atomic E-state index is 12.9. The Morgan fingerprint density at radius 3 is 2.33 bits per heavy atom. The number of halogens is 2. The largest absolute Gasteiger partial charge is 0.478 e. The third-order valence-electron chi connectivity index (χ3n) is 4.34. The van der Waals surface area contributed by atoms with Gasteiger partial charge < -0.3 is 4.74 Å². The van der Waals surface area contributed by atoms with Crippen LogP contribution in [0.5, 0.6) is 5.75 Å². The Balaban J connectivity index is 1.97. The lowest BCUT2D eigenvalue weighted by Gasteiger charge is -2.26. The first-order valence-electron chi connectivity index (χ1n) is 8.91. The Kier molecular flexibility index (Phi) is 6.46. The fraction of sp³-hybridized carbons (Fsp3) is 0.136. The number of hydrogen-bond donors (Lipinski definition) is 1. The summed E-state index contributed by atoms with van der Waals surface area (Å²) in [6.07, 6.45) is 7.28. The van der Waals surface area contributed by atoms with Crippen molar-refractivity contribution in [2.75, 3.05) is 11.5 Å².